The van der Waals surface area contributed by atoms with Crippen LogP contribution in [0.1, 0.15) is 21.7 Å². The van der Waals surface area contributed by atoms with Gasteiger partial charge >= 0.3 is 5.97 Å². The second kappa shape index (κ2) is 5.96. The van der Waals surface area contributed by atoms with Gasteiger partial charge in [-0.1, -0.05) is 23.4 Å². The van der Waals surface area contributed by atoms with Gasteiger partial charge < -0.3 is 5.11 Å². The Hall–Kier alpha value is -3.09. The van der Waals surface area contributed by atoms with E-state index in [4.69, 9.17) is 0 Å². The van der Waals surface area contributed by atoms with Crippen molar-refractivity contribution in [3.05, 3.63) is 77.1 Å². The largest absolute Gasteiger partial charge is 0.476 e. The molecule has 0 spiro atoms. The molecule has 0 aliphatic carbocycles. The van der Waals surface area contributed by atoms with Crippen molar-refractivity contribution in [1.82, 2.24) is 15.0 Å². The van der Waals surface area contributed by atoms with Crippen LogP contribution < -0.4 is 0 Å². The average molecular weight is 315 g/mol. The predicted molar refractivity (Wildman–Crippen MR) is 77.5 cm³/mol. The predicted octanol–water partition coefficient (Wildman–Crippen LogP) is 2.83. The fraction of sp³-hybridized carbons (Fsp3) is 0.0625. The second-order valence-electron chi connectivity index (χ2n) is 4.88. The molecule has 2 aromatic carbocycles. The van der Waals surface area contributed by atoms with E-state index in [0.717, 1.165) is 0 Å². The Morgan fingerprint density at radius 3 is 2.48 bits per heavy atom. The van der Waals surface area contributed by atoms with Crippen molar-refractivity contribution < 1.29 is 18.7 Å². The van der Waals surface area contributed by atoms with Crippen LogP contribution in [0.2, 0.25) is 0 Å². The van der Waals surface area contributed by atoms with Gasteiger partial charge in [-0.05, 0) is 35.9 Å². The number of carbonyl (C=O) groups is 1. The van der Waals surface area contributed by atoms with Crippen molar-refractivity contribution in [1.29, 1.82) is 0 Å². The quantitative estimate of drug-likeness (QED) is 0.804. The van der Waals surface area contributed by atoms with Gasteiger partial charge in [0, 0.05) is 6.42 Å². The Morgan fingerprint density at radius 1 is 1.09 bits per heavy atom. The summed E-state index contributed by atoms with van der Waals surface area (Å²) in [6, 6.07) is 11.3. The standard InChI is InChI=1S/C16H11F2N3O2/c17-11-6-4-10(5-7-11)8-14-15(16(22)23)19-20-21(14)13-3-1-2-12(18)9-13/h1-7,9H,8H2,(H,22,23). The Morgan fingerprint density at radius 2 is 1.83 bits per heavy atom. The van der Waals surface area contributed by atoms with E-state index in [1.807, 2.05) is 0 Å². The molecule has 5 nitrogen and oxygen atoms in total. The minimum Gasteiger partial charge on any atom is -0.476 e. The van der Waals surface area contributed by atoms with Gasteiger partial charge in [-0.25, -0.2) is 18.3 Å². The maximum Gasteiger partial charge on any atom is 0.358 e. The van der Waals surface area contributed by atoms with Crippen LogP contribution in [0.5, 0.6) is 0 Å². The monoisotopic (exact) mass is 315 g/mol. The molecule has 0 saturated carbocycles. The normalized spacial score (nSPS) is 10.7. The van der Waals surface area contributed by atoms with Gasteiger partial charge in [0.2, 0.25) is 0 Å². The molecule has 0 radical (unpaired) electrons. The first-order chi connectivity index (χ1) is 11.0. The molecule has 1 heterocycles. The zero-order valence-electron chi connectivity index (χ0n) is 11.8. The number of hydrogen-bond acceptors (Lipinski definition) is 3. The minimum absolute atomic E-state index is 0.172. The molecule has 1 aromatic heterocycles. The molecule has 3 aromatic rings. The summed E-state index contributed by atoms with van der Waals surface area (Å²) in [5.74, 6) is -2.09. The average Bonchev–Trinajstić information content (AvgIpc) is 2.93. The maximum absolute atomic E-state index is 13.4. The lowest BCUT2D eigenvalue weighted by Gasteiger charge is -2.07. The molecule has 0 bridgehead atoms. The van der Waals surface area contributed by atoms with Crippen molar-refractivity contribution in [3.8, 4) is 5.69 Å². The van der Waals surface area contributed by atoms with Crippen LogP contribution in [0, 0.1) is 11.6 Å². The number of aromatic carboxylic acids is 1. The van der Waals surface area contributed by atoms with Crippen LogP contribution in [0.15, 0.2) is 48.5 Å². The maximum atomic E-state index is 13.4. The third-order valence-corrected chi connectivity index (χ3v) is 3.30. The Labute approximate surface area is 129 Å². The molecule has 0 amide bonds. The molecule has 0 aliphatic heterocycles. The third-order valence-electron chi connectivity index (χ3n) is 3.30. The zero-order chi connectivity index (χ0) is 16.4. The first kappa shape index (κ1) is 14.8. The SMILES string of the molecule is O=C(O)c1nnn(-c2cccc(F)c2)c1Cc1ccc(F)cc1. The van der Waals surface area contributed by atoms with Gasteiger partial charge in [-0.15, -0.1) is 5.10 Å². The van der Waals surface area contributed by atoms with Crippen LogP contribution in [-0.2, 0) is 6.42 Å². The summed E-state index contributed by atoms with van der Waals surface area (Å²) in [6.07, 6.45) is 0.172. The van der Waals surface area contributed by atoms with Crippen molar-refractivity contribution in [2.24, 2.45) is 0 Å². The summed E-state index contributed by atoms with van der Waals surface area (Å²) >= 11 is 0. The molecule has 0 atom stereocenters. The van der Waals surface area contributed by atoms with Crippen LogP contribution in [0.25, 0.3) is 5.69 Å². The van der Waals surface area contributed by atoms with E-state index in [-0.39, 0.29) is 23.6 Å². The molecule has 3 rings (SSSR count). The third kappa shape index (κ3) is 3.08. The first-order valence-electron chi connectivity index (χ1n) is 6.73. The highest BCUT2D eigenvalue weighted by Crippen LogP contribution is 2.18. The highest BCUT2D eigenvalue weighted by molar-refractivity contribution is 5.86. The fourth-order valence-electron chi connectivity index (χ4n) is 2.24. The van der Waals surface area contributed by atoms with Crippen molar-refractivity contribution in [2.75, 3.05) is 0 Å². The fourth-order valence-corrected chi connectivity index (χ4v) is 2.24. The topological polar surface area (TPSA) is 68.0 Å². The van der Waals surface area contributed by atoms with E-state index in [0.29, 0.717) is 11.3 Å². The number of aromatic nitrogens is 3. The number of hydrogen-bond donors (Lipinski definition) is 1. The zero-order valence-corrected chi connectivity index (χ0v) is 11.8. The number of carboxylic acid groups (broad SMARTS) is 1. The Balaban J connectivity index is 2.07. The van der Waals surface area contributed by atoms with Crippen LogP contribution >= 0.6 is 0 Å². The number of rotatable bonds is 4. The summed E-state index contributed by atoms with van der Waals surface area (Å²) in [6.45, 7) is 0. The van der Waals surface area contributed by atoms with Crippen molar-refractivity contribution in [2.45, 2.75) is 6.42 Å². The van der Waals surface area contributed by atoms with Crippen LogP contribution in [-0.4, -0.2) is 26.1 Å². The van der Waals surface area contributed by atoms with E-state index in [9.17, 15) is 18.7 Å². The van der Waals surface area contributed by atoms with Gasteiger partial charge in [-0.2, -0.15) is 0 Å². The number of carboxylic acids is 1. The van der Waals surface area contributed by atoms with E-state index in [1.54, 1.807) is 18.2 Å². The molecular formula is C16H11F2N3O2. The van der Waals surface area contributed by atoms with Gasteiger partial charge in [-0.3, -0.25) is 0 Å². The molecule has 116 valence electrons. The van der Waals surface area contributed by atoms with E-state index in [2.05, 4.69) is 10.3 Å². The van der Waals surface area contributed by atoms with Gasteiger partial charge in [0.1, 0.15) is 11.6 Å². The molecule has 23 heavy (non-hydrogen) atoms. The molecule has 0 saturated heterocycles. The smallest absolute Gasteiger partial charge is 0.358 e. The molecule has 0 unspecified atom stereocenters. The lowest BCUT2D eigenvalue weighted by Crippen LogP contribution is -2.08. The molecular weight excluding hydrogens is 304 g/mol. The van der Waals surface area contributed by atoms with Gasteiger partial charge in [0.25, 0.3) is 0 Å². The minimum atomic E-state index is -1.23. The van der Waals surface area contributed by atoms with Crippen LogP contribution in [0.4, 0.5) is 8.78 Å². The van der Waals surface area contributed by atoms with Crippen molar-refractivity contribution in [3.63, 3.8) is 0 Å². The summed E-state index contributed by atoms with van der Waals surface area (Å²) < 4.78 is 27.7. The number of benzene rings is 2. The Bertz CT molecular complexity index is 860. The Kier molecular flexibility index (Phi) is 3.84. The summed E-state index contributed by atoms with van der Waals surface area (Å²) in [5.41, 5.74) is 1.12. The van der Waals surface area contributed by atoms with Crippen molar-refractivity contribution >= 4 is 5.97 Å². The molecule has 1 N–H and O–H groups in total. The lowest BCUT2D eigenvalue weighted by molar-refractivity contribution is 0.0689. The second-order valence-corrected chi connectivity index (χ2v) is 4.88. The first-order valence-corrected chi connectivity index (χ1v) is 6.73. The lowest BCUT2D eigenvalue weighted by atomic mass is 10.1. The number of halogens is 2. The van der Waals surface area contributed by atoms with E-state index in [1.165, 1.54) is 35.0 Å². The highest BCUT2D eigenvalue weighted by Gasteiger charge is 2.20. The molecule has 7 heteroatoms. The number of nitrogens with zero attached hydrogens (tertiary/aromatic N) is 3. The molecule has 0 fully saturated rings. The van der Waals surface area contributed by atoms with Gasteiger partial charge in [0.15, 0.2) is 5.69 Å². The summed E-state index contributed by atoms with van der Waals surface area (Å²) in [7, 11) is 0. The summed E-state index contributed by atoms with van der Waals surface area (Å²) in [5, 5.41) is 16.7. The van der Waals surface area contributed by atoms with E-state index < -0.39 is 11.8 Å². The summed E-state index contributed by atoms with van der Waals surface area (Å²) in [4.78, 5) is 11.3. The molecule has 0 aliphatic rings. The van der Waals surface area contributed by atoms with Crippen LogP contribution in [0.3, 0.4) is 0 Å². The highest BCUT2D eigenvalue weighted by atomic mass is 19.1. The van der Waals surface area contributed by atoms with E-state index >= 15 is 0 Å². The van der Waals surface area contributed by atoms with Gasteiger partial charge in [0.05, 0.1) is 11.4 Å².